The summed E-state index contributed by atoms with van der Waals surface area (Å²) in [4.78, 5) is 23.2. The van der Waals surface area contributed by atoms with Crippen LogP contribution in [0.5, 0.6) is 5.88 Å². The Hall–Kier alpha value is -2.41. The highest BCUT2D eigenvalue weighted by atomic mass is 32.1. The Labute approximate surface area is 124 Å². The third-order valence-corrected chi connectivity index (χ3v) is 3.75. The van der Waals surface area contributed by atoms with E-state index in [4.69, 9.17) is 4.74 Å². The minimum Gasteiger partial charge on any atom is -0.478 e. The highest BCUT2D eigenvalue weighted by Gasteiger charge is 2.05. The quantitative estimate of drug-likeness (QED) is 0.756. The molecule has 0 bridgehead atoms. The highest BCUT2D eigenvalue weighted by Crippen LogP contribution is 2.15. The number of ether oxygens (including phenoxy) is 1. The molecule has 3 heterocycles. The second-order valence-electron chi connectivity index (χ2n) is 4.32. The van der Waals surface area contributed by atoms with Crippen LogP contribution in [0.4, 0.5) is 5.69 Å². The first-order chi connectivity index (χ1) is 10.3. The molecule has 0 aromatic carbocycles. The van der Waals surface area contributed by atoms with E-state index in [2.05, 4.69) is 20.3 Å². The largest absolute Gasteiger partial charge is 0.478 e. The minimum atomic E-state index is -0.100. The molecule has 0 spiro atoms. The number of aromatic nitrogens is 3. The smallest absolute Gasteiger partial charge is 0.268 e. The first kappa shape index (κ1) is 13.6. The average molecular weight is 302 g/mol. The standard InChI is InChI=1S/C14H14N4O2S/c1-2-20-12-4-3-9(7-16-12)15-8-11-17-10-5-6-21-13(10)14(19)18-11/h3-7,15H,2,8H2,1H3,(H,17,18,19). The summed E-state index contributed by atoms with van der Waals surface area (Å²) in [7, 11) is 0. The maximum absolute atomic E-state index is 11.8. The number of aromatic amines is 1. The lowest BCUT2D eigenvalue weighted by molar-refractivity contribution is 0.327. The molecule has 0 aliphatic carbocycles. The molecule has 7 heteroatoms. The van der Waals surface area contributed by atoms with Crippen LogP contribution in [-0.4, -0.2) is 21.6 Å². The predicted molar refractivity (Wildman–Crippen MR) is 83.0 cm³/mol. The molecule has 0 aliphatic heterocycles. The molecule has 0 unspecified atom stereocenters. The summed E-state index contributed by atoms with van der Waals surface area (Å²) in [6.07, 6.45) is 1.69. The van der Waals surface area contributed by atoms with Crippen molar-refractivity contribution in [2.45, 2.75) is 13.5 Å². The van der Waals surface area contributed by atoms with Gasteiger partial charge in [0.25, 0.3) is 5.56 Å². The highest BCUT2D eigenvalue weighted by molar-refractivity contribution is 7.17. The van der Waals surface area contributed by atoms with E-state index in [1.807, 2.05) is 24.4 Å². The Bertz CT molecular complexity index is 795. The lowest BCUT2D eigenvalue weighted by atomic mass is 10.4. The van der Waals surface area contributed by atoms with Crippen LogP contribution in [0, 0.1) is 0 Å². The summed E-state index contributed by atoms with van der Waals surface area (Å²) in [6.45, 7) is 2.93. The van der Waals surface area contributed by atoms with Gasteiger partial charge in [-0.3, -0.25) is 4.79 Å². The number of rotatable bonds is 5. The van der Waals surface area contributed by atoms with Gasteiger partial charge in [0.2, 0.25) is 5.88 Å². The molecule has 0 saturated carbocycles. The van der Waals surface area contributed by atoms with Gasteiger partial charge in [-0.2, -0.15) is 0 Å². The molecule has 0 amide bonds. The monoisotopic (exact) mass is 302 g/mol. The van der Waals surface area contributed by atoms with E-state index in [0.717, 1.165) is 11.2 Å². The van der Waals surface area contributed by atoms with Crippen LogP contribution < -0.4 is 15.6 Å². The number of fused-ring (bicyclic) bond motifs is 1. The van der Waals surface area contributed by atoms with E-state index in [1.165, 1.54) is 11.3 Å². The fourth-order valence-corrected chi connectivity index (χ4v) is 2.63. The van der Waals surface area contributed by atoms with Gasteiger partial charge in [0.1, 0.15) is 10.5 Å². The Morgan fingerprint density at radius 1 is 1.38 bits per heavy atom. The zero-order valence-corrected chi connectivity index (χ0v) is 12.2. The molecule has 21 heavy (non-hydrogen) atoms. The summed E-state index contributed by atoms with van der Waals surface area (Å²) in [6, 6.07) is 5.51. The van der Waals surface area contributed by atoms with Gasteiger partial charge in [-0.1, -0.05) is 0 Å². The van der Waals surface area contributed by atoms with Gasteiger partial charge in [0.15, 0.2) is 0 Å². The van der Waals surface area contributed by atoms with Crippen molar-refractivity contribution in [1.82, 2.24) is 15.0 Å². The van der Waals surface area contributed by atoms with Gasteiger partial charge in [-0.05, 0) is 24.4 Å². The molecular weight excluding hydrogens is 288 g/mol. The van der Waals surface area contributed by atoms with E-state index >= 15 is 0 Å². The molecule has 0 fully saturated rings. The maximum Gasteiger partial charge on any atom is 0.268 e. The third-order valence-electron chi connectivity index (χ3n) is 2.85. The summed E-state index contributed by atoms with van der Waals surface area (Å²) in [5.74, 6) is 1.19. The molecule has 6 nitrogen and oxygen atoms in total. The van der Waals surface area contributed by atoms with Gasteiger partial charge < -0.3 is 15.0 Å². The van der Waals surface area contributed by atoms with Crippen LogP contribution in [-0.2, 0) is 6.54 Å². The van der Waals surface area contributed by atoms with Crippen LogP contribution in [0.25, 0.3) is 10.2 Å². The Kier molecular flexibility index (Phi) is 3.83. The van der Waals surface area contributed by atoms with E-state index in [-0.39, 0.29) is 5.56 Å². The van der Waals surface area contributed by atoms with Crippen LogP contribution in [0.2, 0.25) is 0 Å². The number of nitrogens with zero attached hydrogens (tertiary/aromatic N) is 2. The number of anilines is 1. The van der Waals surface area contributed by atoms with Crippen LogP contribution in [0.15, 0.2) is 34.6 Å². The van der Waals surface area contributed by atoms with Crippen molar-refractivity contribution >= 4 is 27.2 Å². The minimum absolute atomic E-state index is 0.100. The zero-order valence-electron chi connectivity index (χ0n) is 11.4. The second kappa shape index (κ2) is 5.92. The first-order valence-electron chi connectivity index (χ1n) is 6.55. The van der Waals surface area contributed by atoms with Crippen molar-refractivity contribution in [1.29, 1.82) is 0 Å². The number of nitrogens with one attached hydrogen (secondary N) is 2. The predicted octanol–water partition coefficient (Wildman–Crippen LogP) is 2.39. The molecule has 0 radical (unpaired) electrons. The van der Waals surface area contributed by atoms with Crippen LogP contribution in [0.3, 0.4) is 0 Å². The third kappa shape index (κ3) is 3.03. The van der Waals surface area contributed by atoms with Gasteiger partial charge in [-0.15, -0.1) is 11.3 Å². The van der Waals surface area contributed by atoms with Crippen molar-refractivity contribution in [3.63, 3.8) is 0 Å². The van der Waals surface area contributed by atoms with Crippen LogP contribution in [0.1, 0.15) is 12.7 Å². The topological polar surface area (TPSA) is 79.9 Å². The van der Waals surface area contributed by atoms with Gasteiger partial charge in [-0.25, -0.2) is 9.97 Å². The SMILES string of the molecule is CCOc1ccc(NCc2nc3ccsc3c(=O)[nH]2)cn1. The molecular formula is C14H14N4O2S. The van der Waals surface area contributed by atoms with Crippen molar-refractivity contribution in [2.75, 3.05) is 11.9 Å². The second-order valence-corrected chi connectivity index (χ2v) is 5.24. The first-order valence-corrected chi connectivity index (χ1v) is 7.43. The molecule has 108 valence electrons. The number of hydrogen-bond acceptors (Lipinski definition) is 6. The number of thiophene rings is 1. The zero-order chi connectivity index (χ0) is 14.7. The molecule has 0 aliphatic rings. The Morgan fingerprint density at radius 2 is 2.29 bits per heavy atom. The number of pyridine rings is 1. The summed E-state index contributed by atoms with van der Waals surface area (Å²) in [5, 5.41) is 5.03. The molecule has 2 N–H and O–H groups in total. The Balaban J connectivity index is 1.72. The molecule has 3 aromatic rings. The van der Waals surface area contributed by atoms with Crippen molar-refractivity contribution in [3.05, 3.63) is 46.0 Å². The number of H-pyrrole nitrogens is 1. The van der Waals surface area contributed by atoms with Gasteiger partial charge in [0, 0.05) is 6.07 Å². The lowest BCUT2D eigenvalue weighted by Crippen LogP contribution is -2.13. The van der Waals surface area contributed by atoms with Gasteiger partial charge >= 0.3 is 0 Å². The van der Waals surface area contributed by atoms with E-state index < -0.39 is 0 Å². The number of hydrogen-bond donors (Lipinski definition) is 2. The summed E-state index contributed by atoms with van der Waals surface area (Å²) in [5.41, 5.74) is 1.47. The summed E-state index contributed by atoms with van der Waals surface area (Å²) >= 11 is 1.39. The molecule has 0 atom stereocenters. The fraction of sp³-hybridized carbons (Fsp3) is 0.214. The van der Waals surface area contributed by atoms with E-state index in [9.17, 15) is 4.79 Å². The molecule has 3 aromatic heterocycles. The van der Waals surface area contributed by atoms with Crippen LogP contribution >= 0.6 is 11.3 Å². The molecule has 3 rings (SSSR count). The van der Waals surface area contributed by atoms with E-state index in [0.29, 0.717) is 29.6 Å². The fourth-order valence-electron chi connectivity index (χ4n) is 1.91. The summed E-state index contributed by atoms with van der Waals surface area (Å²) < 4.78 is 5.94. The average Bonchev–Trinajstić information content (AvgIpc) is 2.96. The van der Waals surface area contributed by atoms with Crippen molar-refractivity contribution in [3.8, 4) is 5.88 Å². The normalized spacial score (nSPS) is 10.7. The lowest BCUT2D eigenvalue weighted by Gasteiger charge is -2.07. The maximum atomic E-state index is 11.8. The van der Waals surface area contributed by atoms with Gasteiger partial charge in [0.05, 0.1) is 30.6 Å². The van der Waals surface area contributed by atoms with Crippen molar-refractivity contribution < 1.29 is 4.74 Å². The van der Waals surface area contributed by atoms with E-state index in [1.54, 1.807) is 12.3 Å². The molecule has 0 saturated heterocycles. The van der Waals surface area contributed by atoms with Crippen molar-refractivity contribution in [2.24, 2.45) is 0 Å². The Morgan fingerprint density at radius 3 is 3.05 bits per heavy atom.